The van der Waals surface area contributed by atoms with Gasteiger partial charge in [0.05, 0.1) is 17.6 Å². The third kappa shape index (κ3) is 5.65. The van der Waals surface area contributed by atoms with Crippen LogP contribution < -0.4 is 0 Å². The number of benzene rings is 1. The number of morpholine rings is 1. The predicted molar refractivity (Wildman–Crippen MR) is 108 cm³/mol. The Kier molecular flexibility index (Phi) is 7.16. The fraction of sp³-hybridized carbons (Fsp3) is 0.684. The number of hydrogen-bond acceptors (Lipinski definition) is 5. The summed E-state index contributed by atoms with van der Waals surface area (Å²) in [4.78, 5) is 5.10. The van der Waals surface area contributed by atoms with Crippen molar-refractivity contribution in [2.75, 3.05) is 59.0 Å². The van der Waals surface area contributed by atoms with Gasteiger partial charge in [-0.15, -0.1) is 0 Å². The van der Waals surface area contributed by atoms with Crippen LogP contribution in [0.3, 0.4) is 0 Å². The van der Waals surface area contributed by atoms with Crippen LogP contribution in [0.5, 0.6) is 0 Å². The lowest BCUT2D eigenvalue weighted by atomic mass is 10.1. The van der Waals surface area contributed by atoms with Gasteiger partial charge in [-0.25, -0.2) is 8.42 Å². The topological polar surface area (TPSA) is 53.1 Å². The zero-order valence-electron chi connectivity index (χ0n) is 16.2. The Hall–Kier alpha value is -0.700. The zero-order valence-corrected chi connectivity index (χ0v) is 17.8. The summed E-state index contributed by atoms with van der Waals surface area (Å²) < 4.78 is 33.1. The Bertz CT molecular complexity index is 703. The SMILES string of the molecule is CC(C)CN1CCO[C@H](CN2CCN(S(=O)(=O)c3ccc(Cl)cc3)CC2)C1. The second-order valence-electron chi connectivity index (χ2n) is 7.80. The second-order valence-corrected chi connectivity index (χ2v) is 10.2. The molecule has 2 fully saturated rings. The molecular weight excluding hydrogens is 386 g/mol. The van der Waals surface area contributed by atoms with E-state index in [9.17, 15) is 8.42 Å². The summed E-state index contributed by atoms with van der Waals surface area (Å²) in [6, 6.07) is 6.38. The van der Waals surface area contributed by atoms with Crippen molar-refractivity contribution >= 4 is 21.6 Å². The molecule has 2 heterocycles. The first-order valence-corrected chi connectivity index (χ1v) is 11.5. The highest BCUT2D eigenvalue weighted by Gasteiger charge is 2.30. The van der Waals surface area contributed by atoms with Gasteiger partial charge in [0.2, 0.25) is 10.0 Å². The van der Waals surface area contributed by atoms with E-state index in [0.29, 0.717) is 28.9 Å². The third-order valence-corrected chi connectivity index (χ3v) is 7.26. The molecule has 0 radical (unpaired) electrons. The monoisotopic (exact) mass is 415 g/mol. The highest BCUT2D eigenvalue weighted by Crippen LogP contribution is 2.20. The van der Waals surface area contributed by atoms with Crippen LogP contribution in [0.4, 0.5) is 0 Å². The Morgan fingerprint density at radius 1 is 1.07 bits per heavy atom. The van der Waals surface area contributed by atoms with E-state index in [1.807, 2.05) is 0 Å². The maximum absolute atomic E-state index is 12.8. The number of hydrogen-bond donors (Lipinski definition) is 0. The van der Waals surface area contributed by atoms with Crippen molar-refractivity contribution in [3.63, 3.8) is 0 Å². The molecule has 0 bridgehead atoms. The normalized spacial score (nSPS) is 23.8. The van der Waals surface area contributed by atoms with Crippen molar-refractivity contribution in [3.8, 4) is 0 Å². The van der Waals surface area contributed by atoms with Crippen molar-refractivity contribution in [2.45, 2.75) is 24.8 Å². The highest BCUT2D eigenvalue weighted by atomic mass is 35.5. The molecule has 0 aliphatic carbocycles. The molecule has 0 saturated carbocycles. The van der Waals surface area contributed by atoms with Gasteiger partial charge < -0.3 is 4.74 Å². The van der Waals surface area contributed by atoms with Crippen molar-refractivity contribution in [1.29, 1.82) is 0 Å². The van der Waals surface area contributed by atoms with E-state index in [-0.39, 0.29) is 6.10 Å². The molecule has 152 valence electrons. The first kappa shape index (κ1) is 21.0. The van der Waals surface area contributed by atoms with E-state index in [0.717, 1.165) is 45.9 Å². The minimum absolute atomic E-state index is 0.205. The Balaban J connectivity index is 1.50. The van der Waals surface area contributed by atoms with Gasteiger partial charge in [-0.1, -0.05) is 25.4 Å². The largest absolute Gasteiger partial charge is 0.374 e. The van der Waals surface area contributed by atoms with Crippen LogP contribution in [0.15, 0.2) is 29.2 Å². The summed E-state index contributed by atoms with van der Waals surface area (Å²) in [7, 11) is -3.45. The minimum atomic E-state index is -3.45. The maximum Gasteiger partial charge on any atom is 0.243 e. The lowest BCUT2D eigenvalue weighted by Crippen LogP contribution is -2.53. The first-order valence-electron chi connectivity index (χ1n) is 9.66. The molecule has 0 N–H and O–H groups in total. The summed E-state index contributed by atoms with van der Waals surface area (Å²) in [5.74, 6) is 0.658. The minimum Gasteiger partial charge on any atom is -0.374 e. The number of sulfonamides is 1. The van der Waals surface area contributed by atoms with Crippen LogP contribution in [0.25, 0.3) is 0 Å². The Morgan fingerprint density at radius 3 is 2.37 bits per heavy atom. The molecular formula is C19H30ClN3O3S. The van der Waals surface area contributed by atoms with Crippen LogP contribution in [0, 0.1) is 5.92 Å². The molecule has 2 aliphatic rings. The number of ether oxygens (including phenoxy) is 1. The van der Waals surface area contributed by atoms with Gasteiger partial charge in [0.25, 0.3) is 0 Å². The van der Waals surface area contributed by atoms with Crippen molar-refractivity contribution < 1.29 is 13.2 Å². The number of halogens is 1. The molecule has 3 rings (SSSR count). The molecule has 2 saturated heterocycles. The fourth-order valence-corrected chi connectivity index (χ4v) is 5.32. The number of rotatable bonds is 6. The van der Waals surface area contributed by atoms with E-state index in [2.05, 4.69) is 23.6 Å². The predicted octanol–water partition coefficient (Wildman–Crippen LogP) is 2.00. The fourth-order valence-electron chi connectivity index (χ4n) is 3.77. The average molecular weight is 416 g/mol. The van der Waals surface area contributed by atoms with Crippen LogP contribution >= 0.6 is 11.6 Å². The highest BCUT2D eigenvalue weighted by molar-refractivity contribution is 7.89. The smallest absolute Gasteiger partial charge is 0.243 e. The molecule has 1 aromatic rings. The van der Waals surface area contributed by atoms with Gasteiger partial charge in [0.1, 0.15) is 0 Å². The van der Waals surface area contributed by atoms with Crippen molar-refractivity contribution in [2.24, 2.45) is 5.92 Å². The molecule has 27 heavy (non-hydrogen) atoms. The summed E-state index contributed by atoms with van der Waals surface area (Å²) >= 11 is 5.87. The van der Waals surface area contributed by atoms with Crippen LogP contribution in [-0.2, 0) is 14.8 Å². The van der Waals surface area contributed by atoms with Crippen LogP contribution in [-0.4, -0.2) is 87.6 Å². The number of piperazine rings is 1. The van der Waals surface area contributed by atoms with E-state index in [4.69, 9.17) is 16.3 Å². The van der Waals surface area contributed by atoms with Crippen molar-refractivity contribution in [3.05, 3.63) is 29.3 Å². The molecule has 8 heteroatoms. The standard InChI is InChI=1S/C19H30ClN3O3S/c1-16(2)13-22-11-12-26-18(15-22)14-21-7-9-23(10-8-21)27(24,25)19-5-3-17(20)4-6-19/h3-6,16,18H,7-15H2,1-2H3/t18-/m1/s1. The molecule has 0 unspecified atom stereocenters. The average Bonchev–Trinajstić information content (AvgIpc) is 2.62. The Morgan fingerprint density at radius 2 is 1.74 bits per heavy atom. The molecule has 0 amide bonds. The summed E-state index contributed by atoms with van der Waals surface area (Å²) in [5, 5.41) is 0.540. The third-order valence-electron chi connectivity index (χ3n) is 5.09. The van der Waals surface area contributed by atoms with E-state index in [1.54, 1.807) is 28.6 Å². The van der Waals surface area contributed by atoms with Crippen molar-refractivity contribution in [1.82, 2.24) is 14.1 Å². The molecule has 1 aromatic carbocycles. The molecule has 1 atom stereocenters. The molecule has 6 nitrogen and oxygen atoms in total. The summed E-state index contributed by atoms with van der Waals surface area (Å²) in [6.07, 6.45) is 0.205. The van der Waals surface area contributed by atoms with Gasteiger partial charge >= 0.3 is 0 Å². The van der Waals surface area contributed by atoms with Crippen LogP contribution in [0.2, 0.25) is 5.02 Å². The summed E-state index contributed by atoms with van der Waals surface area (Å²) in [5.41, 5.74) is 0. The second kappa shape index (κ2) is 9.20. The van der Waals surface area contributed by atoms with E-state index >= 15 is 0 Å². The molecule has 0 spiro atoms. The van der Waals surface area contributed by atoms with Gasteiger partial charge in [-0.05, 0) is 30.2 Å². The quantitative estimate of drug-likeness (QED) is 0.711. The number of nitrogens with zero attached hydrogens (tertiary/aromatic N) is 3. The van der Waals surface area contributed by atoms with Gasteiger partial charge in [0.15, 0.2) is 0 Å². The first-order chi connectivity index (χ1) is 12.8. The maximum atomic E-state index is 12.8. The van der Waals surface area contributed by atoms with Gasteiger partial charge in [-0.3, -0.25) is 9.80 Å². The molecule has 0 aromatic heterocycles. The lowest BCUT2D eigenvalue weighted by molar-refractivity contribution is -0.0486. The Labute approximate surface area is 168 Å². The van der Waals surface area contributed by atoms with Gasteiger partial charge in [-0.2, -0.15) is 4.31 Å². The lowest BCUT2D eigenvalue weighted by Gasteiger charge is -2.39. The molecule has 2 aliphatic heterocycles. The van der Waals surface area contributed by atoms with E-state index < -0.39 is 10.0 Å². The van der Waals surface area contributed by atoms with Crippen LogP contribution in [0.1, 0.15) is 13.8 Å². The van der Waals surface area contributed by atoms with E-state index in [1.165, 1.54) is 0 Å². The van der Waals surface area contributed by atoms with Gasteiger partial charge in [0, 0.05) is 57.4 Å². The summed E-state index contributed by atoms with van der Waals surface area (Å²) in [6.45, 7) is 11.7. The zero-order chi connectivity index (χ0) is 19.4.